The number of aliphatic hydroxyl groups is 1. The fraction of sp³-hybridized carbons (Fsp3) is 0.385. The summed E-state index contributed by atoms with van der Waals surface area (Å²) in [6.07, 6.45) is -0.500. The fourth-order valence-corrected chi connectivity index (χ4v) is 2.11. The van der Waals surface area contributed by atoms with Crippen molar-refractivity contribution in [2.45, 2.75) is 18.6 Å². The Morgan fingerprint density at radius 3 is 2.68 bits per heavy atom. The molecule has 1 aliphatic heterocycles. The number of benzene rings is 1. The van der Waals surface area contributed by atoms with Crippen LogP contribution in [0.1, 0.15) is 6.42 Å². The molecule has 2 atom stereocenters. The van der Waals surface area contributed by atoms with E-state index in [1.54, 1.807) is 24.3 Å². The summed E-state index contributed by atoms with van der Waals surface area (Å²) in [5.41, 5.74) is 0.637. The van der Waals surface area contributed by atoms with E-state index in [2.05, 4.69) is 10.1 Å². The molecule has 102 valence electrons. The van der Waals surface area contributed by atoms with Gasteiger partial charge in [0.15, 0.2) is 0 Å². The van der Waals surface area contributed by atoms with Crippen molar-refractivity contribution < 1.29 is 19.4 Å². The minimum atomic E-state index is -0.733. The lowest BCUT2D eigenvalue weighted by Crippen LogP contribution is -2.43. The Hall–Kier alpha value is -2.08. The largest absolute Gasteiger partial charge is 0.467 e. The maximum absolute atomic E-state index is 12.1. The molecule has 0 aromatic heterocycles. The summed E-state index contributed by atoms with van der Waals surface area (Å²) in [5.74, 6) is -0.514. The van der Waals surface area contributed by atoms with E-state index in [9.17, 15) is 14.7 Å². The molecule has 0 aliphatic carbocycles. The molecular formula is C13H16N2O4. The van der Waals surface area contributed by atoms with Crippen molar-refractivity contribution in [2.75, 3.05) is 19.0 Å². The maximum atomic E-state index is 12.1. The number of nitrogens with one attached hydrogen (secondary N) is 1. The molecule has 1 heterocycles. The Labute approximate surface area is 111 Å². The zero-order chi connectivity index (χ0) is 13.8. The molecule has 0 spiro atoms. The van der Waals surface area contributed by atoms with Crippen molar-refractivity contribution >= 4 is 17.7 Å². The topological polar surface area (TPSA) is 78.9 Å². The second kappa shape index (κ2) is 5.71. The second-order valence-corrected chi connectivity index (χ2v) is 4.38. The number of hydrogen-bond acceptors (Lipinski definition) is 4. The number of hydrogen-bond donors (Lipinski definition) is 2. The van der Waals surface area contributed by atoms with Crippen LogP contribution < -0.4 is 5.32 Å². The van der Waals surface area contributed by atoms with Crippen molar-refractivity contribution in [2.24, 2.45) is 0 Å². The van der Waals surface area contributed by atoms with E-state index in [1.807, 2.05) is 6.07 Å². The average molecular weight is 264 g/mol. The van der Waals surface area contributed by atoms with Gasteiger partial charge in [-0.1, -0.05) is 18.2 Å². The molecule has 1 fully saturated rings. The third kappa shape index (κ3) is 3.03. The number of carbonyl (C=O) groups is 2. The van der Waals surface area contributed by atoms with Gasteiger partial charge in [-0.25, -0.2) is 9.59 Å². The molecule has 0 unspecified atom stereocenters. The van der Waals surface area contributed by atoms with E-state index in [0.717, 1.165) is 0 Å². The first-order chi connectivity index (χ1) is 9.11. The highest BCUT2D eigenvalue weighted by Crippen LogP contribution is 2.20. The monoisotopic (exact) mass is 264 g/mol. The summed E-state index contributed by atoms with van der Waals surface area (Å²) in [7, 11) is 1.26. The molecular weight excluding hydrogens is 248 g/mol. The highest BCUT2D eigenvalue weighted by Gasteiger charge is 2.39. The number of nitrogens with zero attached hydrogens (tertiary/aromatic N) is 1. The normalized spacial score (nSPS) is 22.1. The zero-order valence-electron chi connectivity index (χ0n) is 10.6. The summed E-state index contributed by atoms with van der Waals surface area (Å²) in [4.78, 5) is 25.0. The van der Waals surface area contributed by atoms with Gasteiger partial charge in [0.25, 0.3) is 0 Å². The van der Waals surface area contributed by atoms with Crippen LogP contribution in [0.4, 0.5) is 10.5 Å². The number of esters is 1. The van der Waals surface area contributed by atoms with Crippen LogP contribution in [-0.2, 0) is 9.53 Å². The van der Waals surface area contributed by atoms with Gasteiger partial charge >= 0.3 is 12.0 Å². The number of anilines is 1. The van der Waals surface area contributed by atoms with Gasteiger partial charge in [-0.3, -0.25) is 0 Å². The molecule has 1 aromatic rings. The predicted molar refractivity (Wildman–Crippen MR) is 68.6 cm³/mol. The lowest BCUT2D eigenvalue weighted by atomic mass is 10.2. The Kier molecular flexibility index (Phi) is 4.01. The Morgan fingerprint density at radius 1 is 1.37 bits per heavy atom. The van der Waals surface area contributed by atoms with Crippen LogP contribution in [0.5, 0.6) is 0 Å². The molecule has 6 nitrogen and oxygen atoms in total. The third-order valence-electron chi connectivity index (χ3n) is 3.04. The molecule has 1 saturated heterocycles. The van der Waals surface area contributed by atoms with Crippen LogP contribution in [0, 0.1) is 0 Å². The van der Waals surface area contributed by atoms with Gasteiger partial charge in [0.1, 0.15) is 6.04 Å². The summed E-state index contributed by atoms with van der Waals surface area (Å²) in [6, 6.07) is 7.78. The number of β-amino-alcohol motifs (C(OH)–C–C–N with tert-alkyl or cyclic N) is 1. The summed E-state index contributed by atoms with van der Waals surface area (Å²) < 4.78 is 4.64. The van der Waals surface area contributed by atoms with E-state index in [4.69, 9.17) is 0 Å². The number of carbonyl (C=O) groups excluding carboxylic acids is 2. The Balaban J connectivity index is 2.07. The number of para-hydroxylation sites is 1. The predicted octanol–water partition coefficient (Wildman–Crippen LogP) is 0.827. The van der Waals surface area contributed by atoms with Gasteiger partial charge in [-0.2, -0.15) is 0 Å². The molecule has 2 N–H and O–H groups in total. The Morgan fingerprint density at radius 2 is 2.05 bits per heavy atom. The van der Waals surface area contributed by atoms with Crippen molar-refractivity contribution in [3.8, 4) is 0 Å². The Bertz CT molecular complexity index is 463. The van der Waals surface area contributed by atoms with Crippen LogP contribution in [0.15, 0.2) is 30.3 Å². The van der Waals surface area contributed by atoms with E-state index >= 15 is 0 Å². The highest BCUT2D eigenvalue weighted by atomic mass is 16.5. The minimum Gasteiger partial charge on any atom is -0.467 e. The van der Waals surface area contributed by atoms with Gasteiger partial charge in [-0.05, 0) is 12.1 Å². The molecule has 1 aromatic carbocycles. The van der Waals surface area contributed by atoms with Gasteiger partial charge < -0.3 is 20.1 Å². The lowest BCUT2D eigenvalue weighted by molar-refractivity contribution is -0.144. The zero-order valence-corrected chi connectivity index (χ0v) is 10.6. The quantitative estimate of drug-likeness (QED) is 0.775. The number of likely N-dealkylation sites (tertiary alicyclic amines) is 1. The molecule has 0 radical (unpaired) electrons. The van der Waals surface area contributed by atoms with Crippen LogP contribution in [0.25, 0.3) is 0 Å². The number of methoxy groups -OCH3 is 1. The van der Waals surface area contributed by atoms with Gasteiger partial charge in [0, 0.05) is 18.7 Å². The van der Waals surface area contributed by atoms with Crippen molar-refractivity contribution in [3.63, 3.8) is 0 Å². The summed E-state index contributed by atoms with van der Waals surface area (Å²) in [5, 5.41) is 12.3. The molecule has 1 aliphatic rings. The minimum absolute atomic E-state index is 0.123. The first-order valence-electron chi connectivity index (χ1n) is 6.00. The number of rotatable bonds is 2. The standard InChI is InChI=1S/C13H16N2O4/c1-19-12(17)11-7-10(16)8-15(11)13(18)14-9-5-3-2-4-6-9/h2-6,10-11,16H,7-8H2,1H3,(H,14,18)/t10-,11+/m0/s1. The van der Waals surface area contributed by atoms with Crippen LogP contribution in [0.3, 0.4) is 0 Å². The molecule has 2 rings (SSSR count). The summed E-state index contributed by atoms with van der Waals surface area (Å²) >= 11 is 0. The second-order valence-electron chi connectivity index (χ2n) is 4.38. The lowest BCUT2D eigenvalue weighted by Gasteiger charge is -2.22. The molecule has 2 amide bonds. The first kappa shape index (κ1) is 13.4. The van der Waals surface area contributed by atoms with E-state index in [0.29, 0.717) is 5.69 Å². The van der Waals surface area contributed by atoms with Gasteiger partial charge in [0.05, 0.1) is 13.2 Å². The van der Waals surface area contributed by atoms with Crippen molar-refractivity contribution in [3.05, 3.63) is 30.3 Å². The maximum Gasteiger partial charge on any atom is 0.328 e. The number of aliphatic hydroxyl groups excluding tert-OH is 1. The number of urea groups is 1. The van der Waals surface area contributed by atoms with Crippen molar-refractivity contribution in [1.29, 1.82) is 0 Å². The van der Waals surface area contributed by atoms with E-state index in [1.165, 1.54) is 12.0 Å². The molecule has 6 heteroatoms. The van der Waals surface area contributed by atoms with Crippen LogP contribution >= 0.6 is 0 Å². The first-order valence-corrected chi connectivity index (χ1v) is 6.00. The summed E-state index contributed by atoms with van der Waals surface area (Å²) in [6.45, 7) is 0.123. The SMILES string of the molecule is COC(=O)[C@H]1C[C@H](O)CN1C(=O)Nc1ccccc1. The molecule has 0 bridgehead atoms. The smallest absolute Gasteiger partial charge is 0.328 e. The van der Waals surface area contributed by atoms with Crippen LogP contribution in [0.2, 0.25) is 0 Å². The van der Waals surface area contributed by atoms with Gasteiger partial charge in [-0.15, -0.1) is 0 Å². The van der Waals surface area contributed by atoms with E-state index in [-0.39, 0.29) is 13.0 Å². The van der Waals surface area contributed by atoms with Crippen molar-refractivity contribution in [1.82, 2.24) is 4.90 Å². The number of ether oxygens (including phenoxy) is 1. The van der Waals surface area contributed by atoms with Gasteiger partial charge in [0.2, 0.25) is 0 Å². The number of amides is 2. The fourth-order valence-electron chi connectivity index (χ4n) is 2.11. The highest BCUT2D eigenvalue weighted by molar-refractivity contribution is 5.93. The average Bonchev–Trinajstić information content (AvgIpc) is 2.81. The molecule has 19 heavy (non-hydrogen) atoms. The third-order valence-corrected chi connectivity index (χ3v) is 3.04. The van der Waals surface area contributed by atoms with Crippen LogP contribution in [-0.4, -0.2) is 47.8 Å². The molecule has 0 saturated carbocycles. The van der Waals surface area contributed by atoms with E-state index < -0.39 is 24.1 Å².